The molecule has 0 N–H and O–H groups in total. The quantitative estimate of drug-likeness (QED) is 0.312. The normalized spacial score (nSPS) is 25.2. The van der Waals surface area contributed by atoms with Gasteiger partial charge in [-0.05, 0) is 105 Å². The SMILES string of the molecule is CCCC1CCC(c2ccc(OC(=O)C3CCC(c4ccc(C)c(F)c4)CC3)c(F)c2F)CC1. The zero-order valence-corrected chi connectivity index (χ0v) is 20.2. The van der Waals surface area contributed by atoms with Crippen molar-refractivity contribution < 1.29 is 22.7 Å². The van der Waals surface area contributed by atoms with Gasteiger partial charge in [-0.25, -0.2) is 8.78 Å². The van der Waals surface area contributed by atoms with Crippen molar-refractivity contribution in [3.8, 4) is 5.75 Å². The Morgan fingerprint density at radius 3 is 2.21 bits per heavy atom. The van der Waals surface area contributed by atoms with Crippen molar-refractivity contribution in [3.63, 3.8) is 0 Å². The Balaban J connectivity index is 1.34. The third-order valence-corrected chi connectivity index (χ3v) is 8.00. The zero-order valence-electron chi connectivity index (χ0n) is 20.2. The van der Waals surface area contributed by atoms with E-state index in [-0.39, 0.29) is 29.3 Å². The molecule has 0 atom stereocenters. The van der Waals surface area contributed by atoms with Crippen LogP contribution >= 0.6 is 0 Å². The Morgan fingerprint density at radius 2 is 1.56 bits per heavy atom. The van der Waals surface area contributed by atoms with Crippen LogP contribution in [0.15, 0.2) is 30.3 Å². The second-order valence-electron chi connectivity index (χ2n) is 10.3. The lowest BCUT2D eigenvalue weighted by Gasteiger charge is -2.29. The van der Waals surface area contributed by atoms with Gasteiger partial charge in [0.2, 0.25) is 5.82 Å². The van der Waals surface area contributed by atoms with Crippen LogP contribution in [0.2, 0.25) is 0 Å². The van der Waals surface area contributed by atoms with E-state index in [0.717, 1.165) is 50.5 Å². The van der Waals surface area contributed by atoms with Gasteiger partial charge in [0.15, 0.2) is 11.6 Å². The molecule has 0 spiro atoms. The average molecular weight is 473 g/mol. The first-order chi connectivity index (χ1) is 16.4. The lowest BCUT2D eigenvalue weighted by Crippen LogP contribution is -2.25. The van der Waals surface area contributed by atoms with Crippen molar-refractivity contribution >= 4 is 5.97 Å². The summed E-state index contributed by atoms with van der Waals surface area (Å²) in [6.07, 6.45) is 8.83. The van der Waals surface area contributed by atoms with Crippen molar-refractivity contribution in [2.75, 3.05) is 0 Å². The molecule has 2 aromatic rings. The maximum absolute atomic E-state index is 14.9. The molecule has 0 aromatic heterocycles. The number of hydrogen-bond acceptors (Lipinski definition) is 2. The Kier molecular flexibility index (Phi) is 8.00. The molecule has 0 radical (unpaired) electrons. The van der Waals surface area contributed by atoms with E-state index in [1.54, 1.807) is 25.1 Å². The van der Waals surface area contributed by atoms with Crippen LogP contribution in [0.3, 0.4) is 0 Å². The summed E-state index contributed by atoms with van der Waals surface area (Å²) in [7, 11) is 0. The molecule has 184 valence electrons. The molecule has 2 saturated carbocycles. The molecule has 34 heavy (non-hydrogen) atoms. The van der Waals surface area contributed by atoms with Crippen LogP contribution in [0.4, 0.5) is 13.2 Å². The second-order valence-corrected chi connectivity index (χ2v) is 10.3. The van der Waals surface area contributed by atoms with Gasteiger partial charge in [0.25, 0.3) is 0 Å². The molecule has 0 aliphatic heterocycles. The molecule has 5 heteroatoms. The summed E-state index contributed by atoms with van der Waals surface area (Å²) in [6.45, 7) is 3.91. The third-order valence-electron chi connectivity index (χ3n) is 8.00. The molecule has 0 heterocycles. The maximum atomic E-state index is 14.9. The number of benzene rings is 2. The van der Waals surface area contributed by atoms with Gasteiger partial charge in [-0.15, -0.1) is 0 Å². The minimum atomic E-state index is -1.06. The highest BCUT2D eigenvalue weighted by molar-refractivity contribution is 5.75. The molecular formula is C29H35F3O2. The highest BCUT2D eigenvalue weighted by atomic mass is 19.2. The predicted octanol–water partition coefficient (Wildman–Crippen LogP) is 8.37. The molecule has 0 saturated heterocycles. The molecule has 0 bridgehead atoms. The Labute approximate surface area is 200 Å². The third kappa shape index (κ3) is 5.50. The summed E-state index contributed by atoms with van der Waals surface area (Å²) in [4.78, 5) is 12.7. The van der Waals surface area contributed by atoms with Crippen LogP contribution in [0, 0.1) is 36.2 Å². The molecule has 0 amide bonds. The summed E-state index contributed by atoms with van der Waals surface area (Å²) in [6, 6.07) is 8.30. The zero-order chi connectivity index (χ0) is 24.2. The van der Waals surface area contributed by atoms with E-state index >= 15 is 0 Å². The number of carbonyl (C=O) groups excluding carboxylic acids is 1. The van der Waals surface area contributed by atoms with Gasteiger partial charge >= 0.3 is 5.97 Å². The second kappa shape index (κ2) is 11.0. The molecule has 2 nitrogen and oxygen atoms in total. The molecule has 0 unspecified atom stereocenters. The van der Waals surface area contributed by atoms with E-state index in [2.05, 4.69) is 6.92 Å². The number of halogens is 3. The summed E-state index contributed by atoms with van der Waals surface area (Å²) in [5.74, 6) is -2.45. The predicted molar refractivity (Wildman–Crippen MR) is 127 cm³/mol. The van der Waals surface area contributed by atoms with Gasteiger partial charge in [-0.1, -0.05) is 38.0 Å². The summed E-state index contributed by atoms with van der Waals surface area (Å²) < 4.78 is 48.9. The van der Waals surface area contributed by atoms with E-state index in [9.17, 15) is 18.0 Å². The number of aryl methyl sites for hydroxylation is 1. The highest BCUT2D eigenvalue weighted by Crippen LogP contribution is 2.41. The number of ether oxygens (including phenoxy) is 1. The molecule has 2 aliphatic carbocycles. The lowest BCUT2D eigenvalue weighted by atomic mass is 9.77. The van der Waals surface area contributed by atoms with Crippen LogP contribution in [-0.2, 0) is 4.79 Å². The van der Waals surface area contributed by atoms with E-state index in [4.69, 9.17) is 4.74 Å². The van der Waals surface area contributed by atoms with E-state index < -0.39 is 17.6 Å². The fourth-order valence-corrected chi connectivity index (χ4v) is 5.83. The molecular weight excluding hydrogens is 437 g/mol. The van der Waals surface area contributed by atoms with Crippen molar-refractivity contribution in [3.05, 3.63) is 64.5 Å². The Morgan fingerprint density at radius 1 is 0.882 bits per heavy atom. The monoisotopic (exact) mass is 472 g/mol. The number of rotatable bonds is 6. The number of esters is 1. The summed E-state index contributed by atoms with van der Waals surface area (Å²) in [5.41, 5.74) is 1.96. The summed E-state index contributed by atoms with van der Waals surface area (Å²) in [5, 5.41) is 0. The Hall–Kier alpha value is -2.30. The minimum Gasteiger partial charge on any atom is -0.423 e. The topological polar surface area (TPSA) is 26.3 Å². The van der Waals surface area contributed by atoms with Crippen LogP contribution < -0.4 is 4.74 Å². The van der Waals surface area contributed by atoms with Gasteiger partial charge < -0.3 is 4.74 Å². The van der Waals surface area contributed by atoms with Gasteiger partial charge in [0, 0.05) is 0 Å². The average Bonchev–Trinajstić information content (AvgIpc) is 2.85. The van der Waals surface area contributed by atoms with Gasteiger partial charge in [-0.2, -0.15) is 4.39 Å². The first-order valence-electron chi connectivity index (χ1n) is 12.8. The number of hydrogen-bond donors (Lipinski definition) is 0. The maximum Gasteiger partial charge on any atom is 0.314 e. The molecule has 2 aliphatic rings. The van der Waals surface area contributed by atoms with E-state index in [0.29, 0.717) is 29.9 Å². The van der Waals surface area contributed by atoms with Gasteiger partial charge in [-0.3, -0.25) is 4.79 Å². The first-order valence-corrected chi connectivity index (χ1v) is 12.8. The first kappa shape index (κ1) is 24.8. The lowest BCUT2D eigenvalue weighted by molar-refractivity contribution is -0.140. The largest absolute Gasteiger partial charge is 0.423 e. The van der Waals surface area contributed by atoms with Crippen molar-refractivity contribution in [1.82, 2.24) is 0 Å². The van der Waals surface area contributed by atoms with Crippen LogP contribution in [-0.4, -0.2) is 5.97 Å². The Bertz CT molecular complexity index is 1000. The fraction of sp³-hybridized carbons (Fsp3) is 0.552. The van der Waals surface area contributed by atoms with Crippen LogP contribution in [0.25, 0.3) is 0 Å². The van der Waals surface area contributed by atoms with Crippen LogP contribution in [0.1, 0.15) is 99.7 Å². The minimum absolute atomic E-state index is 0.0225. The van der Waals surface area contributed by atoms with Gasteiger partial charge in [0.05, 0.1) is 5.92 Å². The van der Waals surface area contributed by atoms with Crippen molar-refractivity contribution in [1.29, 1.82) is 0 Å². The smallest absolute Gasteiger partial charge is 0.314 e. The fourth-order valence-electron chi connectivity index (χ4n) is 5.83. The molecule has 2 aromatic carbocycles. The van der Waals surface area contributed by atoms with Crippen molar-refractivity contribution in [2.45, 2.75) is 89.9 Å². The highest BCUT2D eigenvalue weighted by Gasteiger charge is 2.31. The molecule has 4 rings (SSSR count). The standard InChI is InChI=1S/C29H35F3O2/c1-3-4-19-6-9-21(10-7-19)24-15-16-26(28(32)27(24)31)34-29(33)22-13-11-20(12-14-22)23-8-5-18(2)25(30)17-23/h5,8,15-17,19-22H,3-4,6-7,9-14H2,1-2H3. The van der Waals surface area contributed by atoms with Crippen molar-refractivity contribution in [2.24, 2.45) is 11.8 Å². The van der Waals surface area contributed by atoms with Gasteiger partial charge in [0.1, 0.15) is 5.82 Å². The summed E-state index contributed by atoms with van der Waals surface area (Å²) >= 11 is 0. The van der Waals surface area contributed by atoms with E-state index in [1.165, 1.54) is 12.5 Å². The number of carbonyl (C=O) groups is 1. The van der Waals surface area contributed by atoms with E-state index in [1.807, 2.05) is 6.07 Å². The molecule has 2 fully saturated rings. The van der Waals surface area contributed by atoms with Crippen LogP contribution in [0.5, 0.6) is 5.75 Å².